The van der Waals surface area contributed by atoms with Gasteiger partial charge in [0.05, 0.1) is 11.5 Å². The molecule has 2 aliphatic heterocycles. The van der Waals surface area contributed by atoms with Gasteiger partial charge in [0, 0.05) is 12.1 Å². The average molecular weight is 423 g/mol. The Bertz CT molecular complexity index is 879. The molecule has 0 aromatic heterocycles. The Hall–Kier alpha value is -2.29. The molecule has 1 saturated carbocycles. The van der Waals surface area contributed by atoms with Crippen molar-refractivity contribution in [3.05, 3.63) is 24.3 Å². The van der Waals surface area contributed by atoms with Crippen molar-refractivity contribution in [2.75, 3.05) is 24.7 Å². The van der Waals surface area contributed by atoms with E-state index in [1.165, 1.54) is 0 Å². The van der Waals surface area contributed by atoms with Crippen LogP contribution in [0.1, 0.15) is 32.1 Å². The van der Waals surface area contributed by atoms with Crippen molar-refractivity contribution in [1.82, 2.24) is 4.90 Å². The van der Waals surface area contributed by atoms with Crippen LogP contribution in [0.15, 0.2) is 24.3 Å². The van der Waals surface area contributed by atoms with Crippen LogP contribution in [0.3, 0.4) is 0 Å². The fraction of sp³-hybridized carbons (Fsp3) is 0.600. The molecular weight excluding hydrogens is 398 g/mol. The molecule has 2 atom stereocenters. The van der Waals surface area contributed by atoms with Crippen LogP contribution in [0.5, 0.6) is 11.5 Å². The molecule has 0 N–H and O–H groups in total. The number of fused-ring (bicyclic) bond motifs is 1. The second kappa shape index (κ2) is 8.22. The van der Waals surface area contributed by atoms with E-state index < -0.39 is 28.5 Å². The lowest BCUT2D eigenvalue weighted by Gasteiger charge is -2.34. The number of para-hydroxylation sites is 2. The minimum Gasteiger partial charge on any atom is -0.485 e. The second-order valence-corrected chi connectivity index (χ2v) is 10.00. The normalized spacial score (nSPS) is 25.5. The minimum absolute atomic E-state index is 0.0112. The Morgan fingerprint density at radius 2 is 1.79 bits per heavy atom. The van der Waals surface area contributed by atoms with E-state index in [4.69, 9.17) is 14.2 Å². The summed E-state index contributed by atoms with van der Waals surface area (Å²) in [6.45, 7) is -0.412. The summed E-state index contributed by atoms with van der Waals surface area (Å²) in [7, 11) is -3.12. The quantitative estimate of drug-likeness (QED) is 0.659. The molecule has 1 aromatic carbocycles. The molecule has 3 aliphatic rings. The van der Waals surface area contributed by atoms with Gasteiger partial charge in [0.2, 0.25) is 6.10 Å². The number of rotatable bonds is 5. The van der Waals surface area contributed by atoms with Crippen LogP contribution in [0, 0.1) is 0 Å². The van der Waals surface area contributed by atoms with Crippen molar-refractivity contribution in [1.29, 1.82) is 0 Å². The molecule has 0 unspecified atom stereocenters. The Morgan fingerprint density at radius 1 is 1.07 bits per heavy atom. The number of nitrogens with zero attached hydrogens (tertiary/aromatic N) is 1. The van der Waals surface area contributed by atoms with E-state index in [0.717, 1.165) is 25.7 Å². The highest BCUT2D eigenvalue weighted by Gasteiger charge is 2.39. The van der Waals surface area contributed by atoms with E-state index in [2.05, 4.69) is 0 Å². The SMILES string of the molecule is O=C(OCC(=O)N(C1CCCC1)[C@H]1CCS(=O)(=O)C1)[C@H]1COc2ccccc2O1. The van der Waals surface area contributed by atoms with Crippen molar-refractivity contribution < 1.29 is 32.2 Å². The molecule has 9 heteroatoms. The van der Waals surface area contributed by atoms with Crippen molar-refractivity contribution in [2.45, 2.75) is 50.3 Å². The van der Waals surface area contributed by atoms with Crippen molar-refractivity contribution >= 4 is 21.7 Å². The van der Waals surface area contributed by atoms with Gasteiger partial charge in [0.1, 0.15) is 6.61 Å². The van der Waals surface area contributed by atoms with Crippen LogP contribution in [-0.4, -0.2) is 68.1 Å². The highest BCUT2D eigenvalue weighted by Crippen LogP contribution is 2.31. The predicted molar refractivity (Wildman–Crippen MR) is 103 cm³/mol. The van der Waals surface area contributed by atoms with Crippen LogP contribution in [0.2, 0.25) is 0 Å². The van der Waals surface area contributed by atoms with Gasteiger partial charge < -0.3 is 19.1 Å². The number of hydrogen-bond donors (Lipinski definition) is 0. The van der Waals surface area contributed by atoms with Crippen molar-refractivity contribution in [3.63, 3.8) is 0 Å². The summed E-state index contributed by atoms with van der Waals surface area (Å²) < 4.78 is 40.1. The molecule has 0 spiro atoms. The van der Waals surface area contributed by atoms with Crippen LogP contribution in [0.25, 0.3) is 0 Å². The molecule has 1 amide bonds. The fourth-order valence-electron chi connectivity index (χ4n) is 4.32. The summed E-state index contributed by atoms with van der Waals surface area (Å²) in [5, 5.41) is 0. The summed E-state index contributed by atoms with van der Waals surface area (Å²) >= 11 is 0. The number of amides is 1. The largest absolute Gasteiger partial charge is 0.485 e. The van der Waals surface area contributed by atoms with Gasteiger partial charge in [-0.15, -0.1) is 0 Å². The Morgan fingerprint density at radius 3 is 2.48 bits per heavy atom. The lowest BCUT2D eigenvalue weighted by molar-refractivity contribution is -0.161. The van der Waals surface area contributed by atoms with Crippen molar-refractivity contribution in [3.8, 4) is 11.5 Å². The summed E-state index contributed by atoms with van der Waals surface area (Å²) in [4.78, 5) is 26.9. The molecule has 29 heavy (non-hydrogen) atoms. The number of esters is 1. The standard InChI is InChI=1S/C20H25NO7S/c22-19(21(14-5-1-2-6-14)15-9-10-29(24,25)13-15)12-27-20(23)18-11-26-16-7-3-4-8-17(16)28-18/h3-4,7-8,14-15,18H,1-2,5-6,9-13H2/t15-,18+/m0/s1. The van der Waals surface area contributed by atoms with Gasteiger partial charge in [-0.25, -0.2) is 13.2 Å². The molecule has 1 saturated heterocycles. The van der Waals surface area contributed by atoms with E-state index in [9.17, 15) is 18.0 Å². The first-order valence-electron chi connectivity index (χ1n) is 10.00. The number of carbonyl (C=O) groups excluding carboxylic acids is 2. The summed E-state index contributed by atoms with van der Waals surface area (Å²) in [6, 6.07) is 6.70. The van der Waals surface area contributed by atoms with Crippen molar-refractivity contribution in [2.24, 2.45) is 0 Å². The first-order valence-corrected chi connectivity index (χ1v) is 11.8. The topological polar surface area (TPSA) is 99.2 Å². The van der Waals surface area contributed by atoms with Crippen LogP contribution < -0.4 is 9.47 Å². The first-order chi connectivity index (χ1) is 13.9. The average Bonchev–Trinajstić information content (AvgIpc) is 3.36. The van der Waals surface area contributed by atoms with Gasteiger partial charge in [0.15, 0.2) is 27.9 Å². The summed E-state index contributed by atoms with van der Waals surface area (Å²) in [6.07, 6.45) is 3.24. The fourth-order valence-corrected chi connectivity index (χ4v) is 6.03. The number of hydrogen-bond acceptors (Lipinski definition) is 7. The number of carbonyl (C=O) groups is 2. The highest BCUT2D eigenvalue weighted by atomic mass is 32.2. The predicted octanol–water partition coefficient (Wildman–Crippen LogP) is 1.33. The zero-order valence-corrected chi connectivity index (χ0v) is 16.9. The Balaban J connectivity index is 1.37. The van der Waals surface area contributed by atoms with Gasteiger partial charge in [-0.2, -0.15) is 0 Å². The lowest BCUT2D eigenvalue weighted by atomic mass is 10.1. The third-order valence-electron chi connectivity index (χ3n) is 5.72. The van der Waals surface area contributed by atoms with E-state index in [1.54, 1.807) is 29.2 Å². The van der Waals surface area contributed by atoms with E-state index in [-0.39, 0.29) is 36.1 Å². The Kier molecular flexibility index (Phi) is 5.67. The van der Waals surface area contributed by atoms with E-state index in [0.29, 0.717) is 17.9 Å². The first kappa shape index (κ1) is 20.0. The zero-order valence-electron chi connectivity index (χ0n) is 16.1. The molecule has 1 aromatic rings. The zero-order chi connectivity index (χ0) is 20.4. The third kappa shape index (κ3) is 4.49. The molecule has 8 nitrogen and oxygen atoms in total. The molecular formula is C20H25NO7S. The monoisotopic (exact) mass is 423 g/mol. The highest BCUT2D eigenvalue weighted by molar-refractivity contribution is 7.91. The van der Waals surface area contributed by atoms with Crippen LogP contribution >= 0.6 is 0 Å². The molecule has 4 rings (SSSR count). The van der Waals surface area contributed by atoms with Gasteiger partial charge >= 0.3 is 5.97 Å². The maximum Gasteiger partial charge on any atom is 0.351 e. The lowest BCUT2D eigenvalue weighted by Crippen LogP contribution is -2.49. The van der Waals surface area contributed by atoms with Crippen LogP contribution in [0.4, 0.5) is 0 Å². The van der Waals surface area contributed by atoms with Gasteiger partial charge in [-0.1, -0.05) is 25.0 Å². The third-order valence-corrected chi connectivity index (χ3v) is 7.47. The molecule has 2 fully saturated rings. The minimum atomic E-state index is -3.12. The maximum atomic E-state index is 12.9. The van der Waals surface area contributed by atoms with Gasteiger partial charge in [-0.3, -0.25) is 4.79 Å². The number of sulfone groups is 1. The van der Waals surface area contributed by atoms with E-state index in [1.807, 2.05) is 0 Å². The second-order valence-electron chi connectivity index (χ2n) is 7.77. The van der Waals surface area contributed by atoms with Gasteiger partial charge in [0.25, 0.3) is 5.91 Å². The molecule has 0 radical (unpaired) electrons. The number of benzene rings is 1. The summed E-state index contributed by atoms with van der Waals surface area (Å²) in [5.74, 6) is 0.0844. The van der Waals surface area contributed by atoms with Crippen LogP contribution in [-0.2, 0) is 24.2 Å². The maximum absolute atomic E-state index is 12.9. The molecule has 2 heterocycles. The Labute approximate surface area is 170 Å². The molecule has 0 bridgehead atoms. The smallest absolute Gasteiger partial charge is 0.351 e. The number of ether oxygens (including phenoxy) is 3. The van der Waals surface area contributed by atoms with Gasteiger partial charge in [-0.05, 0) is 31.4 Å². The molecule has 158 valence electrons. The summed E-state index contributed by atoms with van der Waals surface area (Å²) in [5.41, 5.74) is 0. The van der Waals surface area contributed by atoms with E-state index >= 15 is 0 Å². The molecule has 1 aliphatic carbocycles.